The largest absolute Gasteiger partial charge is 0.346 e. The number of rotatable bonds is 0. The maximum absolute atomic E-state index is 5.70. The molecule has 3 aliphatic heterocycles. The summed E-state index contributed by atoms with van der Waals surface area (Å²) in [5, 5.41) is 0. The van der Waals surface area contributed by atoms with E-state index in [4.69, 9.17) is 7.98 Å². The van der Waals surface area contributed by atoms with Crippen molar-refractivity contribution < 1.29 is 0 Å². The fraction of sp³-hybridized carbons (Fsp3) is 1.00. The number of piperidine rings is 1. The lowest BCUT2D eigenvalue weighted by atomic mass is 9.84. The maximum atomic E-state index is 5.70. The molecular weight excluding hydrogens is 111 g/mol. The van der Waals surface area contributed by atoms with E-state index in [1.807, 2.05) is 4.81 Å². The molecule has 2 atom stereocenters. The van der Waals surface area contributed by atoms with E-state index in [-0.39, 0.29) is 0 Å². The Morgan fingerprint density at radius 1 is 1.33 bits per heavy atom. The third kappa shape index (κ3) is 0.716. The normalized spacial score (nSPS) is 44.6. The van der Waals surface area contributed by atoms with Crippen molar-refractivity contribution in [1.29, 1.82) is 0 Å². The van der Waals surface area contributed by atoms with Gasteiger partial charge in [0.15, 0.2) is 7.98 Å². The van der Waals surface area contributed by atoms with E-state index in [2.05, 4.69) is 11.9 Å². The molecule has 0 aromatic carbocycles. The van der Waals surface area contributed by atoms with Gasteiger partial charge in [-0.15, -0.1) is 0 Å². The molecule has 0 amide bonds. The van der Waals surface area contributed by atoms with Crippen molar-refractivity contribution in [3.8, 4) is 0 Å². The van der Waals surface area contributed by atoms with Crippen LogP contribution in [0.4, 0.5) is 0 Å². The topological polar surface area (TPSA) is 6.48 Å². The number of piperazine rings is 1. The number of likely N-dealkylation sites (N-methyl/N-ethyl adjacent to an activating group) is 1. The Balaban J connectivity index is 2.01. The quantitative estimate of drug-likeness (QED) is 0.398. The van der Waals surface area contributed by atoms with Gasteiger partial charge in [-0.3, -0.25) is 0 Å². The lowest BCUT2D eigenvalue weighted by Gasteiger charge is -2.55. The van der Waals surface area contributed by atoms with Gasteiger partial charge in [0.2, 0.25) is 0 Å². The average molecular weight is 122 g/mol. The molecule has 0 aromatic heterocycles. The number of nitrogens with zero attached hydrogens (tertiary/aromatic N) is 2. The van der Waals surface area contributed by atoms with Gasteiger partial charge in [0.1, 0.15) is 0 Å². The van der Waals surface area contributed by atoms with Gasteiger partial charge < -0.3 is 9.71 Å². The van der Waals surface area contributed by atoms with Crippen molar-refractivity contribution in [3.63, 3.8) is 0 Å². The van der Waals surface area contributed by atoms with Crippen molar-refractivity contribution in [2.45, 2.75) is 18.5 Å². The molecule has 9 heavy (non-hydrogen) atoms. The molecule has 2 radical (unpaired) electrons. The van der Waals surface area contributed by atoms with E-state index in [0.29, 0.717) is 12.1 Å². The fourth-order valence-corrected chi connectivity index (χ4v) is 1.85. The van der Waals surface area contributed by atoms with Gasteiger partial charge in [-0.2, -0.15) is 0 Å². The first-order valence-electron chi connectivity index (χ1n) is 3.49. The Morgan fingerprint density at radius 3 is 2.22 bits per heavy atom. The summed E-state index contributed by atoms with van der Waals surface area (Å²) in [6.45, 7) is 2.32. The standard InChI is InChI=1S/C6H11BN2/c1-8-3-5-2-6(4-8)9(5)7/h5-6H,2-4H2,1H3. The summed E-state index contributed by atoms with van der Waals surface area (Å²) in [5.41, 5.74) is 0. The number of hydrogen-bond donors (Lipinski definition) is 0. The van der Waals surface area contributed by atoms with Crippen LogP contribution in [0, 0.1) is 0 Å². The first-order valence-corrected chi connectivity index (χ1v) is 3.49. The minimum absolute atomic E-state index is 0.661. The SMILES string of the molecule is [B]N1C2CC1CN(C)C2. The molecule has 3 heterocycles. The van der Waals surface area contributed by atoms with E-state index in [9.17, 15) is 0 Å². The van der Waals surface area contributed by atoms with E-state index in [0.717, 1.165) is 13.1 Å². The summed E-state index contributed by atoms with van der Waals surface area (Å²) < 4.78 is 0. The monoisotopic (exact) mass is 122 g/mol. The Labute approximate surface area is 57.2 Å². The van der Waals surface area contributed by atoms with Crippen LogP contribution in [0.1, 0.15) is 6.42 Å². The van der Waals surface area contributed by atoms with Crippen LogP contribution >= 0.6 is 0 Å². The molecule has 0 saturated carbocycles. The molecule has 3 heteroatoms. The van der Waals surface area contributed by atoms with Crippen molar-refractivity contribution in [2.24, 2.45) is 0 Å². The van der Waals surface area contributed by atoms with Crippen molar-refractivity contribution in [3.05, 3.63) is 0 Å². The molecule has 0 aromatic rings. The second kappa shape index (κ2) is 1.73. The molecule has 3 rings (SSSR count). The predicted molar refractivity (Wildman–Crippen MR) is 37.3 cm³/mol. The average Bonchev–Trinajstić information content (AvgIpc) is 1.87. The lowest BCUT2D eigenvalue weighted by Crippen LogP contribution is -2.66. The zero-order valence-electron chi connectivity index (χ0n) is 5.75. The third-order valence-corrected chi connectivity index (χ3v) is 2.43. The molecule has 2 unspecified atom stereocenters. The highest BCUT2D eigenvalue weighted by molar-refractivity contribution is 6.05. The first kappa shape index (κ1) is 5.75. The van der Waals surface area contributed by atoms with Crippen molar-refractivity contribution in [2.75, 3.05) is 20.1 Å². The minimum atomic E-state index is 0.661. The smallest absolute Gasteiger partial charge is 0.183 e. The highest BCUT2D eigenvalue weighted by Crippen LogP contribution is 2.28. The molecule has 0 aliphatic carbocycles. The minimum Gasteiger partial charge on any atom is -0.346 e. The van der Waals surface area contributed by atoms with E-state index in [1.54, 1.807) is 0 Å². The molecular formula is C6H11BN2. The van der Waals surface area contributed by atoms with Crippen LogP contribution in [0.2, 0.25) is 0 Å². The van der Waals surface area contributed by atoms with Crippen LogP contribution in [-0.2, 0) is 0 Å². The van der Waals surface area contributed by atoms with Gasteiger partial charge >= 0.3 is 0 Å². The van der Waals surface area contributed by atoms with Gasteiger partial charge in [-0.25, -0.2) is 0 Å². The Hall–Kier alpha value is -0.0151. The maximum Gasteiger partial charge on any atom is 0.183 e. The van der Waals surface area contributed by atoms with Crippen LogP contribution in [0.25, 0.3) is 0 Å². The van der Waals surface area contributed by atoms with Crippen molar-refractivity contribution in [1.82, 2.24) is 9.71 Å². The Kier molecular flexibility index (Phi) is 1.11. The van der Waals surface area contributed by atoms with Crippen LogP contribution in [0.3, 0.4) is 0 Å². The van der Waals surface area contributed by atoms with Gasteiger partial charge in [-0.1, -0.05) is 0 Å². The zero-order chi connectivity index (χ0) is 6.43. The van der Waals surface area contributed by atoms with Gasteiger partial charge in [0, 0.05) is 25.2 Å². The van der Waals surface area contributed by atoms with Gasteiger partial charge in [0.25, 0.3) is 0 Å². The number of hydrogen-bond acceptors (Lipinski definition) is 2. The summed E-state index contributed by atoms with van der Waals surface area (Å²) in [7, 11) is 7.86. The van der Waals surface area contributed by atoms with Crippen LogP contribution in [0.15, 0.2) is 0 Å². The zero-order valence-corrected chi connectivity index (χ0v) is 5.75. The molecule has 3 aliphatic rings. The summed E-state index contributed by atoms with van der Waals surface area (Å²) in [4.78, 5) is 4.35. The van der Waals surface area contributed by atoms with Crippen LogP contribution in [0.5, 0.6) is 0 Å². The summed E-state index contributed by atoms with van der Waals surface area (Å²) in [6.07, 6.45) is 1.32. The summed E-state index contributed by atoms with van der Waals surface area (Å²) in [5.74, 6) is 0. The van der Waals surface area contributed by atoms with Gasteiger partial charge in [0.05, 0.1) is 0 Å². The molecule has 2 nitrogen and oxygen atoms in total. The third-order valence-electron chi connectivity index (χ3n) is 2.43. The molecule has 2 bridgehead atoms. The van der Waals surface area contributed by atoms with Gasteiger partial charge in [-0.05, 0) is 13.5 Å². The van der Waals surface area contributed by atoms with E-state index >= 15 is 0 Å². The molecule has 0 spiro atoms. The Morgan fingerprint density at radius 2 is 1.89 bits per heavy atom. The van der Waals surface area contributed by atoms with E-state index < -0.39 is 0 Å². The molecule has 3 fully saturated rings. The second-order valence-electron chi connectivity index (χ2n) is 3.21. The van der Waals surface area contributed by atoms with Crippen LogP contribution < -0.4 is 0 Å². The van der Waals surface area contributed by atoms with E-state index in [1.165, 1.54) is 6.42 Å². The molecule has 3 saturated heterocycles. The predicted octanol–water partition coefficient (Wildman–Crippen LogP) is -0.542. The summed E-state index contributed by atoms with van der Waals surface area (Å²) >= 11 is 0. The highest BCUT2D eigenvalue weighted by Gasteiger charge is 2.39. The lowest BCUT2D eigenvalue weighted by molar-refractivity contribution is 0.00641. The molecule has 0 N–H and O–H groups in total. The highest BCUT2D eigenvalue weighted by atomic mass is 15.3. The Bertz CT molecular complexity index is 116. The second-order valence-corrected chi connectivity index (χ2v) is 3.21. The summed E-state index contributed by atoms with van der Waals surface area (Å²) in [6, 6.07) is 1.32. The fourth-order valence-electron chi connectivity index (χ4n) is 1.85. The first-order chi connectivity index (χ1) is 4.27. The molecule has 48 valence electrons. The number of fused-ring (bicyclic) bond motifs is 2. The van der Waals surface area contributed by atoms with Crippen molar-refractivity contribution >= 4 is 7.98 Å². The van der Waals surface area contributed by atoms with Crippen LogP contribution in [-0.4, -0.2) is 49.9 Å².